The molecule has 0 atom stereocenters. The molecule has 1 aliphatic rings. The molecule has 2 heterocycles. The molecule has 0 saturated carbocycles. The average Bonchev–Trinajstić information content (AvgIpc) is 3.07. The first-order valence-corrected chi connectivity index (χ1v) is 8.16. The molecule has 0 N–H and O–H groups in total. The number of piperazine rings is 1. The number of rotatable bonds is 5. The van der Waals surface area contributed by atoms with Crippen LogP contribution in [-0.4, -0.2) is 57.3 Å². The summed E-state index contributed by atoms with van der Waals surface area (Å²) in [6.07, 6.45) is 2.44. The molecule has 118 valence electrons. The molecule has 0 unspecified atom stereocenters. The second-order valence-corrected chi connectivity index (χ2v) is 5.72. The van der Waals surface area contributed by atoms with Crippen LogP contribution in [0.15, 0.2) is 30.3 Å². The van der Waals surface area contributed by atoms with Gasteiger partial charge in [-0.1, -0.05) is 37.1 Å². The summed E-state index contributed by atoms with van der Waals surface area (Å²) in [6.45, 7) is 8.66. The number of anilines is 1. The number of benzene rings is 1. The Kier molecular flexibility index (Phi) is 4.68. The summed E-state index contributed by atoms with van der Waals surface area (Å²) in [6, 6.07) is 10.8. The van der Waals surface area contributed by atoms with Crippen molar-refractivity contribution in [2.24, 2.45) is 0 Å². The number of hydrogen-bond acceptors (Lipinski definition) is 5. The highest BCUT2D eigenvalue weighted by molar-refractivity contribution is 5.40. The van der Waals surface area contributed by atoms with Crippen LogP contribution in [0.3, 0.4) is 0 Å². The van der Waals surface area contributed by atoms with Gasteiger partial charge in [-0.2, -0.15) is 4.68 Å². The summed E-state index contributed by atoms with van der Waals surface area (Å²) in [5, 5.41) is 12.3. The van der Waals surface area contributed by atoms with Gasteiger partial charge in [-0.3, -0.25) is 4.90 Å². The highest BCUT2D eigenvalue weighted by Gasteiger charge is 2.25. The fourth-order valence-electron chi connectivity index (χ4n) is 3.21. The molecule has 0 amide bonds. The fourth-order valence-corrected chi connectivity index (χ4v) is 3.21. The Balaban J connectivity index is 1.71. The van der Waals surface area contributed by atoms with Crippen LogP contribution in [0.4, 0.5) is 5.95 Å². The highest BCUT2D eigenvalue weighted by Crippen LogP contribution is 2.19. The molecule has 1 aromatic carbocycles. The van der Waals surface area contributed by atoms with E-state index in [1.807, 2.05) is 35.0 Å². The van der Waals surface area contributed by atoms with Crippen molar-refractivity contribution in [1.82, 2.24) is 25.1 Å². The van der Waals surface area contributed by atoms with E-state index in [-0.39, 0.29) is 0 Å². The lowest BCUT2D eigenvalue weighted by Gasteiger charge is -2.38. The van der Waals surface area contributed by atoms with Gasteiger partial charge >= 0.3 is 0 Å². The van der Waals surface area contributed by atoms with E-state index in [0.29, 0.717) is 6.04 Å². The van der Waals surface area contributed by atoms with E-state index in [2.05, 4.69) is 39.2 Å². The van der Waals surface area contributed by atoms with Gasteiger partial charge < -0.3 is 4.90 Å². The maximum absolute atomic E-state index is 4.24. The van der Waals surface area contributed by atoms with Crippen molar-refractivity contribution in [1.29, 1.82) is 0 Å². The van der Waals surface area contributed by atoms with E-state index in [4.69, 9.17) is 0 Å². The lowest BCUT2D eigenvalue weighted by Crippen LogP contribution is -2.50. The SMILES string of the molecule is CCC(CC)N1CCN(c2nnnn2-c2ccccc2)CC1. The minimum absolute atomic E-state index is 0.701. The zero-order valence-corrected chi connectivity index (χ0v) is 13.4. The number of hydrogen-bond donors (Lipinski definition) is 0. The van der Waals surface area contributed by atoms with Crippen LogP contribution in [0.5, 0.6) is 0 Å². The molecule has 2 aromatic rings. The van der Waals surface area contributed by atoms with Gasteiger partial charge in [0.05, 0.1) is 5.69 Å². The van der Waals surface area contributed by atoms with Crippen LogP contribution in [0.2, 0.25) is 0 Å². The van der Waals surface area contributed by atoms with Crippen molar-refractivity contribution >= 4 is 5.95 Å². The summed E-state index contributed by atoms with van der Waals surface area (Å²) >= 11 is 0. The normalized spacial score (nSPS) is 16.4. The Labute approximate surface area is 131 Å². The van der Waals surface area contributed by atoms with Crippen LogP contribution in [0.1, 0.15) is 26.7 Å². The summed E-state index contributed by atoms with van der Waals surface area (Å²) < 4.78 is 1.83. The van der Waals surface area contributed by atoms with Gasteiger partial charge in [-0.15, -0.1) is 0 Å². The molecule has 0 radical (unpaired) electrons. The molecule has 0 bridgehead atoms. The van der Waals surface area contributed by atoms with E-state index in [9.17, 15) is 0 Å². The third-order valence-corrected chi connectivity index (χ3v) is 4.51. The van der Waals surface area contributed by atoms with Crippen LogP contribution >= 0.6 is 0 Å². The largest absolute Gasteiger partial charge is 0.337 e. The van der Waals surface area contributed by atoms with Gasteiger partial charge in [0.1, 0.15) is 0 Å². The second-order valence-electron chi connectivity index (χ2n) is 5.72. The zero-order chi connectivity index (χ0) is 15.4. The maximum atomic E-state index is 4.24. The quantitative estimate of drug-likeness (QED) is 0.845. The molecular formula is C16H24N6. The Morgan fingerprint density at radius 1 is 1.00 bits per heavy atom. The Bertz CT molecular complexity index is 569. The lowest BCUT2D eigenvalue weighted by atomic mass is 10.1. The standard InChI is InChI=1S/C16H24N6/c1-3-14(4-2)20-10-12-21(13-11-20)16-17-18-19-22(16)15-8-6-5-7-9-15/h5-9,14H,3-4,10-13H2,1-2H3. The van der Waals surface area contributed by atoms with Gasteiger partial charge in [-0.25, -0.2) is 0 Å². The summed E-state index contributed by atoms with van der Waals surface area (Å²) in [5.41, 5.74) is 1.00. The lowest BCUT2D eigenvalue weighted by molar-refractivity contribution is 0.175. The molecule has 1 saturated heterocycles. The number of nitrogens with zero attached hydrogens (tertiary/aromatic N) is 6. The third-order valence-electron chi connectivity index (χ3n) is 4.51. The van der Waals surface area contributed by atoms with Gasteiger partial charge in [0.25, 0.3) is 0 Å². The molecule has 1 fully saturated rings. The monoisotopic (exact) mass is 300 g/mol. The molecule has 0 aliphatic carbocycles. The number of tetrazole rings is 1. The minimum Gasteiger partial charge on any atom is -0.337 e. The topological polar surface area (TPSA) is 50.1 Å². The fraction of sp³-hybridized carbons (Fsp3) is 0.562. The first kappa shape index (κ1) is 15.0. The average molecular weight is 300 g/mol. The van der Waals surface area contributed by atoms with Crippen LogP contribution in [0.25, 0.3) is 5.69 Å². The first-order valence-electron chi connectivity index (χ1n) is 8.16. The minimum atomic E-state index is 0.701. The van der Waals surface area contributed by atoms with Gasteiger partial charge in [-0.05, 0) is 35.4 Å². The first-order chi connectivity index (χ1) is 10.8. The summed E-state index contributed by atoms with van der Waals surface area (Å²) in [7, 11) is 0. The maximum Gasteiger partial charge on any atom is 0.250 e. The Hall–Kier alpha value is -1.95. The predicted octanol–water partition coefficient (Wildman–Crippen LogP) is 1.97. The van der Waals surface area contributed by atoms with Gasteiger partial charge in [0.15, 0.2) is 0 Å². The molecule has 22 heavy (non-hydrogen) atoms. The van der Waals surface area contributed by atoms with Crippen molar-refractivity contribution < 1.29 is 0 Å². The predicted molar refractivity (Wildman–Crippen MR) is 87.3 cm³/mol. The third kappa shape index (κ3) is 2.97. The number of para-hydroxylation sites is 1. The molecular weight excluding hydrogens is 276 g/mol. The van der Waals surface area contributed by atoms with E-state index < -0.39 is 0 Å². The Morgan fingerprint density at radius 2 is 1.68 bits per heavy atom. The zero-order valence-electron chi connectivity index (χ0n) is 13.4. The van der Waals surface area contributed by atoms with E-state index in [1.54, 1.807) is 0 Å². The summed E-state index contributed by atoms with van der Waals surface area (Å²) in [4.78, 5) is 4.87. The second kappa shape index (κ2) is 6.87. The highest BCUT2D eigenvalue weighted by atomic mass is 15.6. The molecule has 0 spiro atoms. The molecule has 6 heteroatoms. The van der Waals surface area contributed by atoms with Crippen molar-refractivity contribution in [3.8, 4) is 5.69 Å². The van der Waals surface area contributed by atoms with E-state index >= 15 is 0 Å². The molecule has 3 rings (SSSR count). The van der Waals surface area contributed by atoms with Crippen molar-refractivity contribution in [3.63, 3.8) is 0 Å². The van der Waals surface area contributed by atoms with Crippen molar-refractivity contribution in [3.05, 3.63) is 30.3 Å². The van der Waals surface area contributed by atoms with Crippen molar-refractivity contribution in [2.45, 2.75) is 32.7 Å². The smallest absolute Gasteiger partial charge is 0.250 e. The van der Waals surface area contributed by atoms with E-state index in [0.717, 1.165) is 37.8 Å². The van der Waals surface area contributed by atoms with Crippen LogP contribution in [0, 0.1) is 0 Å². The summed E-state index contributed by atoms with van der Waals surface area (Å²) in [5.74, 6) is 0.843. The van der Waals surface area contributed by atoms with Gasteiger partial charge in [0, 0.05) is 32.2 Å². The van der Waals surface area contributed by atoms with Crippen LogP contribution < -0.4 is 4.90 Å². The van der Waals surface area contributed by atoms with Crippen LogP contribution in [-0.2, 0) is 0 Å². The van der Waals surface area contributed by atoms with Gasteiger partial charge in [0.2, 0.25) is 5.95 Å². The number of aromatic nitrogens is 4. The molecule has 6 nitrogen and oxygen atoms in total. The molecule has 1 aliphatic heterocycles. The Morgan fingerprint density at radius 3 is 2.32 bits per heavy atom. The van der Waals surface area contributed by atoms with E-state index in [1.165, 1.54) is 12.8 Å². The van der Waals surface area contributed by atoms with Crippen molar-refractivity contribution in [2.75, 3.05) is 31.1 Å². The molecule has 1 aromatic heterocycles.